The minimum absolute atomic E-state index is 0.0542. The van der Waals surface area contributed by atoms with Gasteiger partial charge in [0, 0.05) is 12.6 Å². The molecule has 1 amide bonds. The van der Waals surface area contributed by atoms with Crippen LogP contribution in [-0.4, -0.2) is 32.3 Å². The maximum atomic E-state index is 13.3. The molecule has 1 fully saturated rings. The van der Waals surface area contributed by atoms with Crippen LogP contribution in [0.1, 0.15) is 52.1 Å². The minimum Gasteiger partial charge on any atom is -0.361 e. The van der Waals surface area contributed by atoms with Crippen molar-refractivity contribution in [1.29, 1.82) is 0 Å². The van der Waals surface area contributed by atoms with Gasteiger partial charge in [-0.25, -0.2) is 9.07 Å². The van der Waals surface area contributed by atoms with Crippen molar-refractivity contribution in [2.24, 2.45) is 0 Å². The number of amides is 1. The van der Waals surface area contributed by atoms with E-state index in [4.69, 9.17) is 4.52 Å². The standard InChI is InChI=1S/C20H21FN4O2/c1-12-11-17(23-27-12)18-5-4-10-24(18)20(26)19-13(2)22-25(14(19)3)16-8-6-15(21)7-9-16/h6-9,11,18H,4-5,10H2,1-3H3/t18-/m0/s1. The maximum absolute atomic E-state index is 13.3. The summed E-state index contributed by atoms with van der Waals surface area (Å²) in [5.74, 6) is 0.377. The van der Waals surface area contributed by atoms with E-state index in [0.717, 1.165) is 35.7 Å². The molecule has 7 heteroatoms. The Morgan fingerprint density at radius 2 is 1.96 bits per heavy atom. The normalized spacial score (nSPS) is 16.9. The molecular weight excluding hydrogens is 347 g/mol. The van der Waals surface area contributed by atoms with E-state index in [1.165, 1.54) is 12.1 Å². The predicted octanol–water partition coefficient (Wildman–Crippen LogP) is 3.90. The maximum Gasteiger partial charge on any atom is 0.258 e. The quantitative estimate of drug-likeness (QED) is 0.703. The lowest BCUT2D eigenvalue weighted by molar-refractivity contribution is 0.0729. The van der Waals surface area contributed by atoms with Crippen LogP contribution in [0.25, 0.3) is 5.69 Å². The topological polar surface area (TPSA) is 64.2 Å². The van der Waals surface area contributed by atoms with E-state index < -0.39 is 0 Å². The van der Waals surface area contributed by atoms with Crippen molar-refractivity contribution >= 4 is 5.91 Å². The molecule has 1 aliphatic heterocycles. The first kappa shape index (κ1) is 17.5. The highest BCUT2D eigenvalue weighted by Crippen LogP contribution is 2.34. The molecule has 0 saturated carbocycles. The fourth-order valence-corrected chi connectivity index (χ4v) is 3.79. The molecule has 0 radical (unpaired) electrons. The van der Waals surface area contributed by atoms with Crippen molar-refractivity contribution in [3.05, 3.63) is 64.6 Å². The van der Waals surface area contributed by atoms with Gasteiger partial charge in [0.05, 0.1) is 28.7 Å². The van der Waals surface area contributed by atoms with Gasteiger partial charge in [0.15, 0.2) is 0 Å². The highest BCUT2D eigenvalue weighted by Gasteiger charge is 2.35. The fraction of sp³-hybridized carbons (Fsp3) is 0.350. The van der Waals surface area contributed by atoms with Gasteiger partial charge in [-0.2, -0.15) is 5.10 Å². The third-order valence-corrected chi connectivity index (χ3v) is 5.08. The van der Waals surface area contributed by atoms with E-state index in [0.29, 0.717) is 17.8 Å². The second-order valence-electron chi connectivity index (χ2n) is 6.95. The number of aryl methyl sites for hydroxylation is 2. The first-order valence-corrected chi connectivity index (χ1v) is 9.02. The van der Waals surface area contributed by atoms with Crippen LogP contribution in [0.15, 0.2) is 34.9 Å². The molecule has 140 valence electrons. The van der Waals surface area contributed by atoms with Crippen molar-refractivity contribution < 1.29 is 13.7 Å². The van der Waals surface area contributed by atoms with Gasteiger partial charge in [0.1, 0.15) is 17.3 Å². The predicted molar refractivity (Wildman–Crippen MR) is 97.2 cm³/mol. The molecule has 0 N–H and O–H groups in total. The lowest BCUT2D eigenvalue weighted by atomic mass is 10.1. The summed E-state index contributed by atoms with van der Waals surface area (Å²) in [6.07, 6.45) is 1.79. The average molecular weight is 368 g/mol. The summed E-state index contributed by atoms with van der Waals surface area (Å²) in [4.78, 5) is 15.2. The molecule has 1 saturated heterocycles. The number of carbonyl (C=O) groups excluding carboxylic acids is 1. The Balaban J connectivity index is 1.68. The molecule has 2 aromatic heterocycles. The van der Waals surface area contributed by atoms with E-state index in [-0.39, 0.29) is 17.8 Å². The first-order chi connectivity index (χ1) is 13.0. The number of hydrogen-bond donors (Lipinski definition) is 0. The number of benzene rings is 1. The van der Waals surface area contributed by atoms with Gasteiger partial charge in [0.25, 0.3) is 5.91 Å². The molecular formula is C20H21FN4O2. The van der Waals surface area contributed by atoms with Crippen molar-refractivity contribution in [2.75, 3.05) is 6.54 Å². The summed E-state index contributed by atoms with van der Waals surface area (Å²) in [5.41, 5.74) is 3.50. The Hall–Kier alpha value is -2.96. The zero-order valence-electron chi connectivity index (χ0n) is 15.6. The summed E-state index contributed by atoms with van der Waals surface area (Å²) >= 11 is 0. The number of halogens is 1. The molecule has 27 heavy (non-hydrogen) atoms. The van der Waals surface area contributed by atoms with Crippen molar-refractivity contribution in [2.45, 2.75) is 39.7 Å². The SMILES string of the molecule is Cc1cc([C@@H]2CCCN2C(=O)c2c(C)nn(-c3ccc(F)cc3)c2C)no1. The van der Waals surface area contributed by atoms with E-state index in [9.17, 15) is 9.18 Å². The lowest BCUT2D eigenvalue weighted by Crippen LogP contribution is -2.31. The van der Waals surface area contributed by atoms with Crippen LogP contribution in [0.2, 0.25) is 0 Å². The summed E-state index contributed by atoms with van der Waals surface area (Å²) in [7, 11) is 0. The van der Waals surface area contributed by atoms with Crippen LogP contribution < -0.4 is 0 Å². The second kappa shape index (κ2) is 6.64. The van der Waals surface area contributed by atoms with Gasteiger partial charge in [-0.1, -0.05) is 5.16 Å². The molecule has 3 heterocycles. The van der Waals surface area contributed by atoms with Gasteiger partial charge < -0.3 is 9.42 Å². The van der Waals surface area contributed by atoms with Crippen LogP contribution in [0.5, 0.6) is 0 Å². The molecule has 1 atom stereocenters. The summed E-state index contributed by atoms with van der Waals surface area (Å²) < 4.78 is 20.1. The minimum atomic E-state index is -0.306. The Kier molecular flexibility index (Phi) is 4.30. The van der Waals surface area contributed by atoms with Gasteiger partial charge in [0.2, 0.25) is 0 Å². The summed E-state index contributed by atoms with van der Waals surface area (Å²) in [5, 5.41) is 8.62. The van der Waals surface area contributed by atoms with Crippen molar-refractivity contribution in [1.82, 2.24) is 19.8 Å². The van der Waals surface area contributed by atoms with Crippen LogP contribution in [0.4, 0.5) is 4.39 Å². The fourth-order valence-electron chi connectivity index (χ4n) is 3.79. The van der Waals surface area contributed by atoms with Crippen LogP contribution in [-0.2, 0) is 0 Å². The number of likely N-dealkylation sites (tertiary alicyclic amines) is 1. The van der Waals surface area contributed by atoms with E-state index in [2.05, 4.69) is 10.3 Å². The number of aromatic nitrogens is 3. The monoisotopic (exact) mass is 368 g/mol. The lowest BCUT2D eigenvalue weighted by Gasteiger charge is -2.23. The molecule has 0 aliphatic carbocycles. The molecule has 3 aromatic rings. The smallest absolute Gasteiger partial charge is 0.258 e. The summed E-state index contributed by atoms with van der Waals surface area (Å²) in [6, 6.07) is 7.88. The van der Waals surface area contributed by atoms with Crippen LogP contribution in [0, 0.1) is 26.6 Å². The molecule has 1 aliphatic rings. The summed E-state index contributed by atoms with van der Waals surface area (Å²) in [6.45, 7) is 6.21. The molecule has 1 aromatic carbocycles. The van der Waals surface area contributed by atoms with E-state index in [1.807, 2.05) is 31.7 Å². The van der Waals surface area contributed by atoms with Gasteiger partial charge in [-0.15, -0.1) is 0 Å². The van der Waals surface area contributed by atoms with E-state index in [1.54, 1.807) is 16.8 Å². The molecule has 0 unspecified atom stereocenters. The second-order valence-corrected chi connectivity index (χ2v) is 6.95. The third-order valence-electron chi connectivity index (χ3n) is 5.08. The number of nitrogens with zero attached hydrogens (tertiary/aromatic N) is 4. The Labute approximate surface area is 156 Å². The molecule has 4 rings (SSSR count). The zero-order valence-corrected chi connectivity index (χ0v) is 15.6. The number of hydrogen-bond acceptors (Lipinski definition) is 4. The van der Waals surface area contributed by atoms with Crippen molar-refractivity contribution in [3.63, 3.8) is 0 Å². The average Bonchev–Trinajstić information content (AvgIpc) is 3.34. The van der Waals surface area contributed by atoms with Gasteiger partial charge in [-0.05, 0) is 57.9 Å². The van der Waals surface area contributed by atoms with Crippen LogP contribution in [0.3, 0.4) is 0 Å². The molecule has 6 nitrogen and oxygen atoms in total. The Morgan fingerprint density at radius 1 is 1.22 bits per heavy atom. The largest absolute Gasteiger partial charge is 0.361 e. The number of rotatable bonds is 3. The van der Waals surface area contributed by atoms with Crippen LogP contribution >= 0.6 is 0 Å². The van der Waals surface area contributed by atoms with Crippen molar-refractivity contribution in [3.8, 4) is 5.69 Å². The molecule has 0 spiro atoms. The third kappa shape index (κ3) is 3.03. The Bertz CT molecular complexity index is 990. The Morgan fingerprint density at radius 3 is 2.63 bits per heavy atom. The highest BCUT2D eigenvalue weighted by molar-refractivity contribution is 5.97. The van der Waals surface area contributed by atoms with Gasteiger partial charge in [-0.3, -0.25) is 4.79 Å². The van der Waals surface area contributed by atoms with E-state index >= 15 is 0 Å². The number of carbonyl (C=O) groups is 1. The molecule has 0 bridgehead atoms. The first-order valence-electron chi connectivity index (χ1n) is 9.02. The zero-order chi connectivity index (χ0) is 19.1. The highest BCUT2D eigenvalue weighted by atomic mass is 19.1. The van der Waals surface area contributed by atoms with Gasteiger partial charge >= 0.3 is 0 Å².